The molecule has 1 aromatic carbocycles. The first-order valence-electron chi connectivity index (χ1n) is 5.43. The van der Waals surface area contributed by atoms with Gasteiger partial charge in [-0.1, -0.05) is 44.0 Å². The van der Waals surface area contributed by atoms with Crippen LogP contribution in [0.3, 0.4) is 0 Å². The van der Waals surface area contributed by atoms with Crippen LogP contribution in [0, 0.1) is 6.92 Å². The summed E-state index contributed by atoms with van der Waals surface area (Å²) in [5.41, 5.74) is 8.74. The van der Waals surface area contributed by atoms with Crippen LogP contribution in [0.5, 0.6) is 0 Å². The van der Waals surface area contributed by atoms with Gasteiger partial charge in [0.25, 0.3) is 0 Å². The zero-order chi connectivity index (χ0) is 10.6. The molecule has 78 valence electrons. The minimum Gasteiger partial charge on any atom is -0.322 e. The summed E-state index contributed by atoms with van der Waals surface area (Å²) >= 11 is 0. The Kier molecular flexibility index (Phi) is 3.70. The molecule has 0 aliphatic carbocycles. The molecule has 0 amide bonds. The molecule has 1 rings (SSSR count). The van der Waals surface area contributed by atoms with Crippen molar-refractivity contribution >= 4 is 0 Å². The molecule has 1 atom stereocenters. The first-order chi connectivity index (χ1) is 6.58. The van der Waals surface area contributed by atoms with Gasteiger partial charge in [-0.2, -0.15) is 0 Å². The summed E-state index contributed by atoms with van der Waals surface area (Å²) in [6.45, 7) is 6.46. The first-order valence-corrected chi connectivity index (χ1v) is 5.43. The van der Waals surface area contributed by atoms with Crippen LogP contribution in [0.1, 0.15) is 44.2 Å². The normalized spacial score (nSPS) is 15.1. The summed E-state index contributed by atoms with van der Waals surface area (Å²) in [5, 5.41) is 0. The van der Waals surface area contributed by atoms with E-state index in [2.05, 4.69) is 45.0 Å². The van der Waals surface area contributed by atoms with Crippen LogP contribution in [0.25, 0.3) is 0 Å². The van der Waals surface area contributed by atoms with Crippen LogP contribution in [0.2, 0.25) is 0 Å². The van der Waals surface area contributed by atoms with Gasteiger partial charge >= 0.3 is 0 Å². The van der Waals surface area contributed by atoms with Crippen molar-refractivity contribution < 1.29 is 0 Å². The summed E-state index contributed by atoms with van der Waals surface area (Å²) in [4.78, 5) is 0. The van der Waals surface area contributed by atoms with Crippen molar-refractivity contribution in [2.45, 2.75) is 45.6 Å². The lowest BCUT2D eigenvalue weighted by atomic mass is 9.85. The van der Waals surface area contributed by atoms with E-state index in [1.165, 1.54) is 24.0 Å². The molecule has 0 aliphatic heterocycles. The summed E-state index contributed by atoms with van der Waals surface area (Å²) in [7, 11) is 0. The number of unbranched alkanes of at least 4 members (excludes halogenated alkanes) is 1. The van der Waals surface area contributed by atoms with Crippen LogP contribution < -0.4 is 5.73 Å². The van der Waals surface area contributed by atoms with E-state index in [0.717, 1.165) is 6.42 Å². The quantitative estimate of drug-likeness (QED) is 0.776. The van der Waals surface area contributed by atoms with E-state index in [1.807, 2.05) is 0 Å². The molecule has 1 unspecified atom stereocenters. The van der Waals surface area contributed by atoms with E-state index in [-0.39, 0.29) is 5.54 Å². The molecule has 0 aliphatic rings. The van der Waals surface area contributed by atoms with Crippen LogP contribution >= 0.6 is 0 Å². The Hall–Kier alpha value is -0.820. The molecule has 0 saturated carbocycles. The zero-order valence-corrected chi connectivity index (χ0v) is 9.51. The zero-order valence-electron chi connectivity index (χ0n) is 9.51. The summed E-state index contributed by atoms with van der Waals surface area (Å²) in [5.74, 6) is 0. The number of rotatable bonds is 4. The van der Waals surface area contributed by atoms with Crippen molar-refractivity contribution in [3.8, 4) is 0 Å². The lowest BCUT2D eigenvalue weighted by Crippen LogP contribution is -2.33. The lowest BCUT2D eigenvalue weighted by molar-refractivity contribution is 0.431. The fraction of sp³-hybridized carbons (Fsp3) is 0.538. The molecular weight excluding hydrogens is 170 g/mol. The monoisotopic (exact) mass is 191 g/mol. The topological polar surface area (TPSA) is 26.0 Å². The maximum Gasteiger partial charge on any atom is 0.0383 e. The lowest BCUT2D eigenvalue weighted by Gasteiger charge is -2.26. The Balaban J connectivity index is 2.86. The van der Waals surface area contributed by atoms with Gasteiger partial charge in [0.1, 0.15) is 0 Å². The minimum atomic E-state index is -0.165. The SMILES string of the molecule is CCCCC(C)(N)c1ccccc1C. The predicted octanol–water partition coefficient (Wildman–Crippen LogP) is 3.36. The largest absolute Gasteiger partial charge is 0.322 e. The van der Waals surface area contributed by atoms with Gasteiger partial charge in [-0.3, -0.25) is 0 Å². The van der Waals surface area contributed by atoms with Gasteiger partial charge in [0.15, 0.2) is 0 Å². The van der Waals surface area contributed by atoms with Crippen molar-refractivity contribution in [1.82, 2.24) is 0 Å². The van der Waals surface area contributed by atoms with E-state index in [4.69, 9.17) is 5.73 Å². The Morgan fingerprint density at radius 2 is 1.93 bits per heavy atom. The summed E-state index contributed by atoms with van der Waals surface area (Å²) in [6.07, 6.45) is 3.47. The van der Waals surface area contributed by atoms with Crippen molar-refractivity contribution in [1.29, 1.82) is 0 Å². The predicted molar refractivity (Wildman–Crippen MR) is 62.2 cm³/mol. The maximum absolute atomic E-state index is 6.32. The highest BCUT2D eigenvalue weighted by molar-refractivity contribution is 5.31. The summed E-state index contributed by atoms with van der Waals surface area (Å²) < 4.78 is 0. The highest BCUT2D eigenvalue weighted by atomic mass is 14.7. The molecule has 14 heavy (non-hydrogen) atoms. The number of hydrogen-bond acceptors (Lipinski definition) is 1. The molecule has 1 heteroatoms. The smallest absolute Gasteiger partial charge is 0.0383 e. The van der Waals surface area contributed by atoms with Crippen LogP contribution in [0.4, 0.5) is 0 Å². The average Bonchev–Trinajstić information content (AvgIpc) is 2.15. The Morgan fingerprint density at radius 1 is 1.29 bits per heavy atom. The molecule has 0 radical (unpaired) electrons. The van der Waals surface area contributed by atoms with E-state index >= 15 is 0 Å². The molecular formula is C13H21N. The van der Waals surface area contributed by atoms with Crippen LogP contribution in [0.15, 0.2) is 24.3 Å². The van der Waals surface area contributed by atoms with Crippen molar-refractivity contribution in [3.63, 3.8) is 0 Å². The van der Waals surface area contributed by atoms with E-state index < -0.39 is 0 Å². The highest BCUT2D eigenvalue weighted by Crippen LogP contribution is 2.26. The van der Waals surface area contributed by atoms with E-state index in [0.29, 0.717) is 0 Å². The molecule has 0 saturated heterocycles. The third-order valence-electron chi connectivity index (χ3n) is 2.81. The molecule has 1 aromatic rings. The van der Waals surface area contributed by atoms with E-state index in [9.17, 15) is 0 Å². The van der Waals surface area contributed by atoms with E-state index in [1.54, 1.807) is 0 Å². The minimum absolute atomic E-state index is 0.165. The van der Waals surface area contributed by atoms with Gasteiger partial charge in [0, 0.05) is 5.54 Å². The van der Waals surface area contributed by atoms with Gasteiger partial charge < -0.3 is 5.73 Å². The second-order valence-corrected chi connectivity index (χ2v) is 4.34. The van der Waals surface area contributed by atoms with Crippen LogP contribution in [-0.4, -0.2) is 0 Å². The Morgan fingerprint density at radius 3 is 2.50 bits per heavy atom. The second-order valence-electron chi connectivity index (χ2n) is 4.34. The van der Waals surface area contributed by atoms with Gasteiger partial charge in [-0.05, 0) is 31.4 Å². The Labute approximate surface area is 87.3 Å². The highest BCUT2D eigenvalue weighted by Gasteiger charge is 2.21. The molecule has 0 bridgehead atoms. The van der Waals surface area contributed by atoms with Gasteiger partial charge in [0.2, 0.25) is 0 Å². The molecule has 2 N–H and O–H groups in total. The van der Waals surface area contributed by atoms with Crippen molar-refractivity contribution in [3.05, 3.63) is 35.4 Å². The number of aryl methyl sites for hydroxylation is 1. The Bertz CT molecular complexity index is 289. The number of benzene rings is 1. The third kappa shape index (κ3) is 2.58. The molecule has 0 aromatic heterocycles. The fourth-order valence-electron chi connectivity index (χ4n) is 1.89. The third-order valence-corrected chi connectivity index (χ3v) is 2.81. The van der Waals surface area contributed by atoms with Crippen LogP contribution in [-0.2, 0) is 5.54 Å². The number of nitrogens with two attached hydrogens (primary N) is 1. The standard InChI is InChI=1S/C13H21N/c1-4-5-10-13(3,14)12-9-7-6-8-11(12)2/h6-9H,4-5,10,14H2,1-3H3. The second kappa shape index (κ2) is 4.61. The molecule has 0 heterocycles. The molecule has 0 spiro atoms. The average molecular weight is 191 g/mol. The van der Waals surface area contributed by atoms with Gasteiger partial charge in [0.05, 0.1) is 0 Å². The fourth-order valence-corrected chi connectivity index (χ4v) is 1.89. The molecule has 1 nitrogen and oxygen atoms in total. The molecule has 0 fully saturated rings. The first kappa shape index (κ1) is 11.3. The number of hydrogen-bond donors (Lipinski definition) is 1. The van der Waals surface area contributed by atoms with Crippen molar-refractivity contribution in [2.24, 2.45) is 5.73 Å². The maximum atomic E-state index is 6.32. The van der Waals surface area contributed by atoms with Crippen molar-refractivity contribution in [2.75, 3.05) is 0 Å². The van der Waals surface area contributed by atoms with Gasteiger partial charge in [-0.25, -0.2) is 0 Å². The van der Waals surface area contributed by atoms with Gasteiger partial charge in [-0.15, -0.1) is 0 Å². The summed E-state index contributed by atoms with van der Waals surface area (Å²) in [6, 6.07) is 8.41.